The molecule has 1 aromatic heterocycles. The van der Waals surface area contributed by atoms with Gasteiger partial charge in [-0.1, -0.05) is 18.2 Å². The minimum Gasteiger partial charge on any atom is -0.493 e. The molecule has 0 atom stereocenters. The lowest BCUT2D eigenvalue weighted by molar-refractivity contribution is -0.116. The number of hydrogen-bond donors (Lipinski definition) is 2. The van der Waals surface area contributed by atoms with E-state index in [9.17, 15) is 14.3 Å². The smallest absolute Gasteiger partial charge is 0.244 e. The highest BCUT2D eigenvalue weighted by molar-refractivity contribution is 7.73. The van der Waals surface area contributed by atoms with E-state index in [1.165, 1.54) is 40.2 Å². The van der Waals surface area contributed by atoms with Crippen molar-refractivity contribution in [2.75, 3.05) is 5.32 Å². The molecule has 3 aromatic rings. The zero-order chi connectivity index (χ0) is 19.7. The van der Waals surface area contributed by atoms with Crippen molar-refractivity contribution in [3.8, 4) is 5.88 Å². The van der Waals surface area contributed by atoms with Crippen LogP contribution in [0.2, 0.25) is 0 Å². The fourth-order valence-electron chi connectivity index (χ4n) is 2.82. The average molecular weight is 411 g/mol. The molecule has 1 aliphatic heterocycles. The molecule has 0 spiro atoms. The second-order valence-electron chi connectivity index (χ2n) is 6.07. The minimum absolute atomic E-state index is 0.0745. The van der Waals surface area contributed by atoms with Crippen LogP contribution in [0.15, 0.2) is 53.5 Å². The molecule has 0 fully saturated rings. The van der Waals surface area contributed by atoms with Crippen LogP contribution in [-0.4, -0.2) is 21.8 Å². The number of aliphatic imine (C=N–C) groups is 1. The van der Waals surface area contributed by atoms with Gasteiger partial charge >= 0.3 is 0 Å². The third-order valence-corrected chi connectivity index (χ3v) is 5.55. The van der Waals surface area contributed by atoms with E-state index in [1.54, 1.807) is 12.3 Å². The lowest BCUT2D eigenvalue weighted by Crippen LogP contribution is -2.18. The maximum Gasteiger partial charge on any atom is 0.244 e. The molecule has 4 rings (SSSR count). The number of anilines is 1. The van der Waals surface area contributed by atoms with Crippen molar-refractivity contribution in [3.63, 3.8) is 0 Å². The van der Waals surface area contributed by atoms with Crippen molar-refractivity contribution in [1.29, 1.82) is 0 Å². The quantitative estimate of drug-likeness (QED) is 0.593. The molecule has 0 saturated heterocycles. The Morgan fingerprint density at radius 1 is 1.25 bits per heavy atom. The number of nitrogens with zero attached hydrogens (tertiary/aromatic N) is 2. The second-order valence-corrected chi connectivity index (χ2v) is 7.75. The Morgan fingerprint density at radius 3 is 2.79 bits per heavy atom. The van der Waals surface area contributed by atoms with Crippen LogP contribution in [0.3, 0.4) is 0 Å². The number of aromatic hydroxyl groups is 1. The summed E-state index contributed by atoms with van der Waals surface area (Å²) in [4.78, 5) is 17.2. The molecule has 0 aliphatic carbocycles. The summed E-state index contributed by atoms with van der Waals surface area (Å²) in [6, 6.07) is 13.2. The topological polar surface area (TPSA) is 66.6 Å². The number of amides is 1. The largest absolute Gasteiger partial charge is 0.493 e. The summed E-state index contributed by atoms with van der Waals surface area (Å²) in [5, 5.41) is 13.2. The predicted octanol–water partition coefficient (Wildman–Crippen LogP) is 5.02. The highest BCUT2D eigenvalue weighted by Crippen LogP contribution is 2.35. The maximum atomic E-state index is 13.0. The van der Waals surface area contributed by atoms with Gasteiger partial charge in [-0.2, -0.15) is 0 Å². The van der Waals surface area contributed by atoms with Gasteiger partial charge in [0, 0.05) is 23.0 Å². The SMILES string of the molecule is O=C(Cn1c(O)c(/C=C2\C=Nc3ccccc32)sc1=S)Nc1ccc(F)cc1. The summed E-state index contributed by atoms with van der Waals surface area (Å²) >= 11 is 6.52. The molecule has 1 amide bonds. The molecule has 2 N–H and O–H groups in total. The van der Waals surface area contributed by atoms with E-state index in [1.807, 2.05) is 24.3 Å². The molecule has 0 radical (unpaired) electrons. The van der Waals surface area contributed by atoms with Crippen LogP contribution in [0, 0.1) is 9.77 Å². The monoisotopic (exact) mass is 411 g/mol. The zero-order valence-electron chi connectivity index (χ0n) is 14.4. The number of rotatable bonds is 4. The second kappa shape index (κ2) is 7.49. The molecular formula is C20H14FN3O2S2. The van der Waals surface area contributed by atoms with E-state index in [0.717, 1.165) is 16.8 Å². The fraction of sp³-hybridized carbons (Fsp3) is 0.0500. The van der Waals surface area contributed by atoms with Gasteiger partial charge in [-0.3, -0.25) is 14.4 Å². The Balaban J connectivity index is 1.56. The molecule has 0 saturated carbocycles. The van der Waals surface area contributed by atoms with E-state index in [0.29, 0.717) is 14.5 Å². The van der Waals surface area contributed by atoms with E-state index >= 15 is 0 Å². The van der Waals surface area contributed by atoms with Gasteiger partial charge in [0.2, 0.25) is 11.8 Å². The van der Waals surface area contributed by atoms with E-state index < -0.39 is 0 Å². The van der Waals surface area contributed by atoms with Crippen LogP contribution in [0.25, 0.3) is 11.6 Å². The average Bonchev–Trinajstić information content (AvgIpc) is 3.20. The number of fused-ring (bicyclic) bond motifs is 1. The molecular weight excluding hydrogens is 397 g/mol. The van der Waals surface area contributed by atoms with Crippen LogP contribution < -0.4 is 5.32 Å². The lowest BCUT2D eigenvalue weighted by atomic mass is 10.1. The van der Waals surface area contributed by atoms with Crippen LogP contribution >= 0.6 is 23.6 Å². The Kier molecular flexibility index (Phi) is 4.89. The molecule has 2 aromatic carbocycles. The lowest BCUT2D eigenvalue weighted by Gasteiger charge is -2.07. The Hall–Kier alpha value is -3.10. The van der Waals surface area contributed by atoms with Gasteiger partial charge < -0.3 is 10.4 Å². The molecule has 5 nitrogen and oxygen atoms in total. The Morgan fingerprint density at radius 2 is 2.00 bits per heavy atom. The van der Waals surface area contributed by atoms with Gasteiger partial charge in [-0.05, 0) is 48.6 Å². The summed E-state index contributed by atoms with van der Waals surface area (Å²) in [5.74, 6) is -0.831. The number of hydrogen-bond acceptors (Lipinski definition) is 5. The van der Waals surface area contributed by atoms with Crippen molar-refractivity contribution in [2.45, 2.75) is 6.54 Å². The van der Waals surface area contributed by atoms with E-state index in [4.69, 9.17) is 12.2 Å². The molecule has 28 heavy (non-hydrogen) atoms. The van der Waals surface area contributed by atoms with Crippen molar-refractivity contribution >= 4 is 58.7 Å². The summed E-state index contributed by atoms with van der Waals surface area (Å²) in [6.45, 7) is -0.146. The third kappa shape index (κ3) is 3.64. The Labute approximate surface area is 169 Å². The van der Waals surface area contributed by atoms with Gasteiger partial charge in [-0.15, -0.1) is 11.3 Å². The van der Waals surface area contributed by atoms with Gasteiger partial charge in [0.15, 0.2) is 3.95 Å². The van der Waals surface area contributed by atoms with E-state index in [2.05, 4.69) is 10.3 Å². The number of carbonyl (C=O) groups is 1. The van der Waals surface area contributed by atoms with Crippen molar-refractivity contribution < 1.29 is 14.3 Å². The first-order valence-corrected chi connectivity index (χ1v) is 9.57. The summed E-state index contributed by atoms with van der Waals surface area (Å²) < 4.78 is 14.7. The number of thiazole rings is 1. The summed E-state index contributed by atoms with van der Waals surface area (Å²) in [6.07, 6.45) is 3.54. The van der Waals surface area contributed by atoms with Gasteiger partial charge in [0.25, 0.3) is 0 Å². The first-order valence-electron chi connectivity index (χ1n) is 8.34. The van der Waals surface area contributed by atoms with Gasteiger partial charge in [0.05, 0.1) is 10.6 Å². The van der Waals surface area contributed by atoms with Crippen molar-refractivity contribution in [3.05, 3.63) is 68.7 Å². The van der Waals surface area contributed by atoms with E-state index in [-0.39, 0.29) is 24.1 Å². The fourth-order valence-corrected chi connectivity index (χ4v) is 4.08. The normalized spacial score (nSPS) is 13.7. The number of carbonyl (C=O) groups excluding carboxylic acids is 1. The first-order chi connectivity index (χ1) is 13.5. The number of nitrogens with one attached hydrogen (secondary N) is 1. The molecule has 1 aliphatic rings. The molecule has 0 bridgehead atoms. The highest BCUT2D eigenvalue weighted by Gasteiger charge is 2.16. The van der Waals surface area contributed by atoms with Gasteiger partial charge in [0.1, 0.15) is 12.4 Å². The van der Waals surface area contributed by atoms with Crippen LogP contribution in [0.4, 0.5) is 15.8 Å². The van der Waals surface area contributed by atoms with Gasteiger partial charge in [-0.25, -0.2) is 4.39 Å². The van der Waals surface area contributed by atoms with Crippen molar-refractivity contribution in [1.82, 2.24) is 4.57 Å². The molecule has 140 valence electrons. The number of allylic oxidation sites excluding steroid dienone is 1. The molecule has 2 heterocycles. The standard InChI is InChI=1S/C20H14FN3O2S2/c21-13-5-7-14(8-6-13)23-18(25)11-24-19(26)17(28-20(24)27)9-12-10-22-16-4-2-1-3-15(12)16/h1-10,26H,11H2,(H,23,25)/b12-9+. The number of benzene rings is 2. The van der Waals surface area contributed by atoms with Crippen LogP contribution in [-0.2, 0) is 11.3 Å². The Bertz CT molecular complexity index is 1180. The third-order valence-electron chi connectivity index (χ3n) is 4.17. The van der Waals surface area contributed by atoms with Crippen LogP contribution in [0.5, 0.6) is 5.88 Å². The first kappa shape index (κ1) is 18.3. The summed E-state index contributed by atoms with van der Waals surface area (Å²) in [7, 11) is 0. The van der Waals surface area contributed by atoms with Crippen LogP contribution in [0.1, 0.15) is 10.4 Å². The predicted molar refractivity (Wildman–Crippen MR) is 112 cm³/mol. The molecule has 8 heteroatoms. The molecule has 0 unspecified atom stereocenters. The zero-order valence-corrected chi connectivity index (χ0v) is 16.1. The minimum atomic E-state index is -0.384. The highest BCUT2D eigenvalue weighted by atomic mass is 32.1. The maximum absolute atomic E-state index is 13.0. The number of aromatic nitrogens is 1. The van der Waals surface area contributed by atoms with Crippen molar-refractivity contribution in [2.24, 2.45) is 4.99 Å². The summed E-state index contributed by atoms with van der Waals surface area (Å²) in [5.41, 5.74) is 3.18. The number of halogens is 1. The number of para-hydroxylation sites is 1.